The molecule has 0 amide bonds. The topological polar surface area (TPSA) is 9.72 Å². The first-order valence-electron chi connectivity index (χ1n) is 7.98. The van der Waals surface area contributed by atoms with E-state index >= 15 is 0 Å². The van der Waals surface area contributed by atoms with Gasteiger partial charge in [0.15, 0.2) is 0 Å². The third kappa shape index (κ3) is 3.05. The molecule has 3 nitrogen and oxygen atoms in total. The fourth-order valence-electron chi connectivity index (χ4n) is 3.62. The zero-order valence-electron chi connectivity index (χ0n) is 12.9. The lowest BCUT2D eigenvalue weighted by Gasteiger charge is -2.46. The van der Waals surface area contributed by atoms with Gasteiger partial charge in [0, 0.05) is 51.9 Å². The van der Waals surface area contributed by atoms with Gasteiger partial charge in [0.1, 0.15) is 0 Å². The summed E-state index contributed by atoms with van der Waals surface area (Å²) in [6.07, 6.45) is 1.14. The van der Waals surface area contributed by atoms with Crippen molar-refractivity contribution >= 4 is 0 Å². The van der Waals surface area contributed by atoms with Gasteiger partial charge in [0.2, 0.25) is 0 Å². The Morgan fingerprint density at radius 1 is 1.00 bits per heavy atom. The van der Waals surface area contributed by atoms with E-state index in [1.807, 2.05) is 0 Å². The van der Waals surface area contributed by atoms with E-state index in [9.17, 15) is 0 Å². The molecule has 1 aromatic carbocycles. The van der Waals surface area contributed by atoms with Crippen LogP contribution in [-0.2, 0) is 13.0 Å². The Kier molecular flexibility index (Phi) is 4.39. The molecule has 0 aliphatic carbocycles. The van der Waals surface area contributed by atoms with Crippen LogP contribution in [-0.4, -0.2) is 67.1 Å². The van der Waals surface area contributed by atoms with Gasteiger partial charge in [-0.3, -0.25) is 9.80 Å². The van der Waals surface area contributed by atoms with Gasteiger partial charge in [-0.15, -0.1) is 0 Å². The fourth-order valence-corrected chi connectivity index (χ4v) is 3.62. The molecule has 2 heterocycles. The third-order valence-corrected chi connectivity index (χ3v) is 4.87. The number of benzene rings is 1. The van der Waals surface area contributed by atoms with Gasteiger partial charge >= 0.3 is 0 Å². The normalized spacial score (nSPS) is 25.6. The Hall–Kier alpha value is -0.900. The van der Waals surface area contributed by atoms with E-state index < -0.39 is 0 Å². The summed E-state index contributed by atoms with van der Waals surface area (Å²) in [4.78, 5) is 7.81. The average Bonchev–Trinajstić information content (AvgIpc) is 2.47. The molecule has 2 aliphatic rings. The van der Waals surface area contributed by atoms with E-state index in [1.54, 1.807) is 0 Å². The molecule has 1 aromatic rings. The highest BCUT2D eigenvalue weighted by Gasteiger charge is 2.30. The highest BCUT2D eigenvalue weighted by Crippen LogP contribution is 2.18. The molecule has 0 spiro atoms. The molecule has 0 bridgehead atoms. The van der Waals surface area contributed by atoms with E-state index in [1.165, 1.54) is 50.4 Å². The van der Waals surface area contributed by atoms with E-state index in [0.29, 0.717) is 0 Å². The molecule has 20 heavy (non-hydrogen) atoms. The summed E-state index contributed by atoms with van der Waals surface area (Å²) in [6.45, 7) is 10.8. The minimum Gasteiger partial charge on any atom is -0.303 e. The quantitative estimate of drug-likeness (QED) is 0.829. The first-order chi connectivity index (χ1) is 9.76. The number of piperazine rings is 2. The summed E-state index contributed by atoms with van der Waals surface area (Å²) in [6, 6.07) is 9.66. The van der Waals surface area contributed by atoms with E-state index in [0.717, 1.165) is 19.0 Å². The number of likely N-dealkylation sites (N-methyl/N-ethyl adjacent to an activating group) is 1. The van der Waals surface area contributed by atoms with Crippen LogP contribution < -0.4 is 0 Å². The van der Waals surface area contributed by atoms with Crippen molar-refractivity contribution in [3.8, 4) is 0 Å². The van der Waals surface area contributed by atoms with Gasteiger partial charge in [0.05, 0.1) is 0 Å². The lowest BCUT2D eigenvalue weighted by atomic mass is 10.0. The number of rotatable bonds is 3. The van der Waals surface area contributed by atoms with Crippen LogP contribution in [0.3, 0.4) is 0 Å². The Labute approximate surface area is 123 Å². The Morgan fingerprint density at radius 2 is 1.75 bits per heavy atom. The molecular formula is C17H27N3. The largest absolute Gasteiger partial charge is 0.303 e. The number of nitrogens with zero attached hydrogens (tertiary/aromatic N) is 3. The molecule has 2 aliphatic heterocycles. The summed E-state index contributed by atoms with van der Waals surface area (Å²) in [5.74, 6) is 0. The minimum absolute atomic E-state index is 0.733. The van der Waals surface area contributed by atoms with E-state index in [2.05, 4.69) is 52.9 Å². The Balaban J connectivity index is 1.64. The standard InChI is InChI=1S/C17H27N3/c1-3-15-6-4-5-7-16(15)12-19-9-11-20-10-8-18(2)13-17(20)14-19/h4-7,17H,3,8-14H2,1-2H3. The van der Waals surface area contributed by atoms with Crippen LogP contribution >= 0.6 is 0 Å². The summed E-state index contributed by atoms with van der Waals surface area (Å²) in [5.41, 5.74) is 3.03. The maximum absolute atomic E-state index is 2.68. The van der Waals surface area contributed by atoms with Crippen molar-refractivity contribution in [2.75, 3.05) is 46.3 Å². The molecule has 110 valence electrons. The van der Waals surface area contributed by atoms with Crippen molar-refractivity contribution in [3.63, 3.8) is 0 Å². The van der Waals surface area contributed by atoms with Crippen LogP contribution in [0.25, 0.3) is 0 Å². The molecular weight excluding hydrogens is 246 g/mol. The lowest BCUT2D eigenvalue weighted by Crippen LogP contribution is -2.61. The average molecular weight is 273 g/mol. The summed E-state index contributed by atoms with van der Waals surface area (Å²) >= 11 is 0. The van der Waals surface area contributed by atoms with Crippen LogP contribution in [0, 0.1) is 0 Å². The Bertz CT molecular complexity index is 446. The van der Waals surface area contributed by atoms with Crippen LogP contribution in [0.5, 0.6) is 0 Å². The fraction of sp³-hybridized carbons (Fsp3) is 0.647. The number of hydrogen-bond acceptors (Lipinski definition) is 3. The van der Waals surface area contributed by atoms with Gasteiger partial charge in [0.25, 0.3) is 0 Å². The number of aryl methyl sites for hydroxylation is 1. The molecule has 2 fully saturated rings. The van der Waals surface area contributed by atoms with Crippen LogP contribution in [0.4, 0.5) is 0 Å². The highest BCUT2D eigenvalue weighted by molar-refractivity contribution is 5.27. The second kappa shape index (κ2) is 6.25. The third-order valence-electron chi connectivity index (χ3n) is 4.87. The summed E-state index contributed by atoms with van der Waals surface area (Å²) < 4.78 is 0. The van der Waals surface area contributed by atoms with Crippen LogP contribution in [0.15, 0.2) is 24.3 Å². The molecule has 3 heteroatoms. The zero-order chi connectivity index (χ0) is 13.9. The van der Waals surface area contributed by atoms with Crippen molar-refractivity contribution in [1.82, 2.24) is 14.7 Å². The van der Waals surface area contributed by atoms with Gasteiger partial charge in [-0.1, -0.05) is 31.2 Å². The van der Waals surface area contributed by atoms with Gasteiger partial charge in [-0.05, 0) is 24.6 Å². The SMILES string of the molecule is CCc1ccccc1CN1CCN2CCN(C)CC2C1. The molecule has 0 N–H and O–H groups in total. The number of fused-ring (bicyclic) bond motifs is 1. The molecule has 3 rings (SSSR count). The molecule has 1 unspecified atom stereocenters. The van der Waals surface area contributed by atoms with Crippen molar-refractivity contribution in [1.29, 1.82) is 0 Å². The second-order valence-corrected chi connectivity index (χ2v) is 6.31. The molecule has 2 saturated heterocycles. The molecule has 0 radical (unpaired) electrons. The van der Waals surface area contributed by atoms with Gasteiger partial charge in [-0.2, -0.15) is 0 Å². The summed E-state index contributed by atoms with van der Waals surface area (Å²) in [7, 11) is 2.25. The van der Waals surface area contributed by atoms with Crippen molar-refractivity contribution in [3.05, 3.63) is 35.4 Å². The van der Waals surface area contributed by atoms with Crippen molar-refractivity contribution in [2.45, 2.75) is 25.9 Å². The van der Waals surface area contributed by atoms with Crippen molar-refractivity contribution < 1.29 is 0 Å². The lowest BCUT2D eigenvalue weighted by molar-refractivity contribution is 0.0174. The first-order valence-corrected chi connectivity index (χ1v) is 7.98. The van der Waals surface area contributed by atoms with Gasteiger partial charge < -0.3 is 4.90 Å². The molecule has 0 aromatic heterocycles. The van der Waals surface area contributed by atoms with Gasteiger partial charge in [-0.25, -0.2) is 0 Å². The molecule has 0 saturated carbocycles. The maximum Gasteiger partial charge on any atom is 0.0351 e. The number of hydrogen-bond donors (Lipinski definition) is 0. The Morgan fingerprint density at radius 3 is 2.55 bits per heavy atom. The second-order valence-electron chi connectivity index (χ2n) is 6.31. The van der Waals surface area contributed by atoms with E-state index in [-0.39, 0.29) is 0 Å². The predicted molar refractivity (Wildman–Crippen MR) is 84.0 cm³/mol. The van der Waals surface area contributed by atoms with Crippen molar-refractivity contribution in [2.24, 2.45) is 0 Å². The predicted octanol–water partition coefficient (Wildman–Crippen LogP) is 1.68. The zero-order valence-corrected chi connectivity index (χ0v) is 12.9. The highest BCUT2D eigenvalue weighted by atomic mass is 15.3. The maximum atomic E-state index is 2.68. The van der Waals surface area contributed by atoms with E-state index in [4.69, 9.17) is 0 Å². The first kappa shape index (κ1) is 14.1. The van der Waals surface area contributed by atoms with Crippen LogP contribution in [0.1, 0.15) is 18.1 Å². The minimum atomic E-state index is 0.733. The smallest absolute Gasteiger partial charge is 0.0351 e. The molecule has 1 atom stereocenters. The monoisotopic (exact) mass is 273 g/mol. The summed E-state index contributed by atoms with van der Waals surface area (Å²) in [5, 5.41) is 0. The van der Waals surface area contributed by atoms with Crippen LogP contribution in [0.2, 0.25) is 0 Å².